The summed E-state index contributed by atoms with van der Waals surface area (Å²) in [4.78, 5) is 4.52. The van der Waals surface area contributed by atoms with Crippen LogP contribution in [0.15, 0.2) is 16.7 Å². The van der Waals surface area contributed by atoms with Crippen molar-refractivity contribution in [3.05, 3.63) is 23.0 Å². The molecule has 0 saturated heterocycles. The summed E-state index contributed by atoms with van der Waals surface area (Å²) in [6.07, 6.45) is 3.43. The van der Waals surface area contributed by atoms with Gasteiger partial charge in [-0.1, -0.05) is 23.7 Å². The molecule has 1 heterocycles. The highest BCUT2D eigenvalue weighted by Gasteiger charge is 2.27. The van der Waals surface area contributed by atoms with Crippen molar-refractivity contribution < 1.29 is 9.26 Å². The Bertz CT molecular complexity index is 656. The maximum Gasteiger partial charge on any atom is 0.261 e. The highest BCUT2D eigenvalue weighted by Crippen LogP contribution is 2.39. The summed E-state index contributed by atoms with van der Waals surface area (Å²) in [5.74, 6) is 2.87. The van der Waals surface area contributed by atoms with Crippen molar-refractivity contribution in [2.24, 2.45) is 5.92 Å². The molecule has 5 nitrogen and oxygen atoms in total. The van der Waals surface area contributed by atoms with Gasteiger partial charge >= 0.3 is 0 Å². The Morgan fingerprint density at radius 1 is 1.38 bits per heavy atom. The number of halogens is 1. The molecule has 1 fully saturated rings. The van der Waals surface area contributed by atoms with Crippen LogP contribution in [0.2, 0.25) is 5.02 Å². The Kier molecular flexibility index (Phi) is 3.76. The van der Waals surface area contributed by atoms with E-state index in [-0.39, 0.29) is 0 Å². The van der Waals surface area contributed by atoms with Crippen molar-refractivity contribution >= 4 is 17.3 Å². The van der Waals surface area contributed by atoms with Crippen molar-refractivity contribution in [3.63, 3.8) is 0 Å². The van der Waals surface area contributed by atoms with Crippen LogP contribution < -0.4 is 10.5 Å². The Hall–Kier alpha value is -1.75. The van der Waals surface area contributed by atoms with Crippen molar-refractivity contribution in [1.82, 2.24) is 10.1 Å². The molecule has 1 aliphatic rings. The first-order chi connectivity index (χ1) is 10.1. The van der Waals surface area contributed by atoms with E-state index in [1.54, 1.807) is 19.2 Å². The maximum atomic E-state index is 6.08. The molecule has 1 aromatic heterocycles. The largest absolute Gasteiger partial charge is 0.496 e. The first-order valence-corrected chi connectivity index (χ1v) is 7.43. The van der Waals surface area contributed by atoms with Crippen LogP contribution in [0, 0.1) is 5.92 Å². The number of ether oxygens (including phenoxy) is 1. The van der Waals surface area contributed by atoms with Crippen LogP contribution >= 0.6 is 11.6 Å². The summed E-state index contributed by atoms with van der Waals surface area (Å²) < 4.78 is 10.7. The quantitative estimate of drug-likeness (QED) is 0.871. The van der Waals surface area contributed by atoms with Gasteiger partial charge < -0.3 is 15.0 Å². The third-order valence-corrected chi connectivity index (χ3v) is 4.38. The van der Waals surface area contributed by atoms with Gasteiger partial charge in [0.1, 0.15) is 5.75 Å². The second-order valence-corrected chi connectivity index (χ2v) is 6.05. The van der Waals surface area contributed by atoms with E-state index in [0.29, 0.717) is 33.8 Å². The Labute approximate surface area is 128 Å². The number of anilines is 1. The molecule has 0 spiro atoms. The lowest BCUT2D eigenvalue weighted by Gasteiger charge is -2.07. The van der Waals surface area contributed by atoms with Gasteiger partial charge in [0.05, 0.1) is 23.4 Å². The molecular weight excluding hydrogens is 290 g/mol. The van der Waals surface area contributed by atoms with Gasteiger partial charge in [-0.05, 0) is 31.2 Å². The lowest BCUT2D eigenvalue weighted by molar-refractivity contribution is 0.400. The molecule has 2 unspecified atom stereocenters. The average molecular weight is 308 g/mol. The topological polar surface area (TPSA) is 74.2 Å². The molecule has 0 amide bonds. The predicted octanol–water partition coefficient (Wildman–Crippen LogP) is 3.88. The minimum absolute atomic E-state index is 0.382. The molecule has 2 N–H and O–H groups in total. The average Bonchev–Trinajstić information content (AvgIpc) is 3.10. The van der Waals surface area contributed by atoms with E-state index < -0.39 is 0 Å². The van der Waals surface area contributed by atoms with Gasteiger partial charge in [-0.25, -0.2) is 0 Å². The summed E-state index contributed by atoms with van der Waals surface area (Å²) in [6, 6.07) is 3.36. The Morgan fingerprint density at radius 3 is 2.86 bits per heavy atom. The summed E-state index contributed by atoms with van der Waals surface area (Å²) in [5, 5.41) is 4.57. The van der Waals surface area contributed by atoms with Gasteiger partial charge in [0.25, 0.3) is 5.89 Å². The first kappa shape index (κ1) is 14.2. The number of methoxy groups -OCH3 is 1. The van der Waals surface area contributed by atoms with Gasteiger partial charge in [0, 0.05) is 12.0 Å². The second kappa shape index (κ2) is 5.56. The van der Waals surface area contributed by atoms with Crippen molar-refractivity contribution in [3.8, 4) is 17.2 Å². The van der Waals surface area contributed by atoms with Crippen molar-refractivity contribution in [1.29, 1.82) is 0 Å². The summed E-state index contributed by atoms with van der Waals surface area (Å²) in [7, 11) is 1.57. The zero-order valence-corrected chi connectivity index (χ0v) is 12.9. The summed E-state index contributed by atoms with van der Waals surface area (Å²) in [5.41, 5.74) is 6.91. The van der Waals surface area contributed by atoms with E-state index in [1.807, 2.05) is 0 Å². The van der Waals surface area contributed by atoms with Gasteiger partial charge in [-0.2, -0.15) is 4.98 Å². The molecule has 112 valence electrons. The fourth-order valence-electron chi connectivity index (χ4n) is 2.86. The number of aromatic nitrogens is 2. The molecule has 1 saturated carbocycles. The summed E-state index contributed by atoms with van der Waals surface area (Å²) >= 11 is 6.08. The lowest BCUT2D eigenvalue weighted by atomic mass is 10.1. The van der Waals surface area contributed by atoms with Crippen LogP contribution in [0.25, 0.3) is 11.5 Å². The lowest BCUT2D eigenvalue weighted by Crippen LogP contribution is -1.96. The van der Waals surface area contributed by atoms with Crippen molar-refractivity contribution in [2.75, 3.05) is 12.8 Å². The molecule has 0 bridgehead atoms. The number of nitrogens with zero attached hydrogens (tertiary/aromatic N) is 2. The minimum atomic E-state index is 0.382. The van der Waals surface area contributed by atoms with Crippen LogP contribution in [-0.2, 0) is 0 Å². The SMILES string of the molecule is COc1cc(N)c(Cl)cc1-c1nc(C2CCC(C)C2)no1. The molecule has 0 radical (unpaired) electrons. The third kappa shape index (κ3) is 2.70. The molecule has 21 heavy (non-hydrogen) atoms. The fourth-order valence-corrected chi connectivity index (χ4v) is 3.02. The van der Waals surface area contributed by atoms with E-state index in [0.717, 1.165) is 24.6 Å². The number of benzene rings is 1. The number of nitrogen functional groups attached to an aromatic ring is 1. The molecule has 6 heteroatoms. The van der Waals surface area contributed by atoms with Gasteiger partial charge in [0.15, 0.2) is 5.82 Å². The standard InChI is InChI=1S/C15H18ClN3O2/c1-8-3-4-9(5-8)14-18-15(21-19-14)10-6-11(16)12(17)7-13(10)20-2/h6-9H,3-5,17H2,1-2H3. The van der Waals surface area contributed by atoms with E-state index in [9.17, 15) is 0 Å². The first-order valence-electron chi connectivity index (χ1n) is 7.05. The summed E-state index contributed by atoms with van der Waals surface area (Å²) in [6.45, 7) is 2.25. The zero-order valence-electron chi connectivity index (χ0n) is 12.1. The van der Waals surface area contributed by atoms with Crippen LogP contribution in [0.3, 0.4) is 0 Å². The smallest absolute Gasteiger partial charge is 0.261 e. The number of hydrogen-bond donors (Lipinski definition) is 1. The molecule has 2 aromatic rings. The molecule has 0 aliphatic heterocycles. The third-order valence-electron chi connectivity index (χ3n) is 4.05. The van der Waals surface area contributed by atoms with Gasteiger partial charge in [-0.15, -0.1) is 0 Å². The highest BCUT2D eigenvalue weighted by molar-refractivity contribution is 6.33. The Balaban J connectivity index is 1.94. The van der Waals surface area contributed by atoms with E-state index in [2.05, 4.69) is 17.1 Å². The van der Waals surface area contributed by atoms with Crippen molar-refractivity contribution in [2.45, 2.75) is 32.1 Å². The molecular formula is C15H18ClN3O2. The van der Waals surface area contributed by atoms with Crippen LogP contribution in [0.1, 0.15) is 37.9 Å². The number of rotatable bonds is 3. The zero-order chi connectivity index (χ0) is 15.0. The van der Waals surface area contributed by atoms with Gasteiger partial charge in [0.2, 0.25) is 0 Å². The molecule has 2 atom stereocenters. The van der Waals surface area contributed by atoms with E-state index in [1.165, 1.54) is 6.42 Å². The number of hydrogen-bond acceptors (Lipinski definition) is 5. The second-order valence-electron chi connectivity index (χ2n) is 5.65. The normalized spacial score (nSPS) is 21.7. The minimum Gasteiger partial charge on any atom is -0.496 e. The van der Waals surface area contributed by atoms with E-state index >= 15 is 0 Å². The fraction of sp³-hybridized carbons (Fsp3) is 0.467. The van der Waals surface area contributed by atoms with Crippen LogP contribution in [0.5, 0.6) is 5.75 Å². The van der Waals surface area contributed by atoms with Crippen LogP contribution in [0.4, 0.5) is 5.69 Å². The molecule has 1 aromatic carbocycles. The Morgan fingerprint density at radius 2 is 2.19 bits per heavy atom. The van der Waals surface area contributed by atoms with Crippen LogP contribution in [-0.4, -0.2) is 17.3 Å². The monoisotopic (exact) mass is 307 g/mol. The van der Waals surface area contributed by atoms with Gasteiger partial charge in [-0.3, -0.25) is 0 Å². The highest BCUT2D eigenvalue weighted by atomic mass is 35.5. The van der Waals surface area contributed by atoms with E-state index in [4.69, 9.17) is 26.6 Å². The molecule has 3 rings (SSSR count). The number of nitrogens with two attached hydrogens (primary N) is 1. The maximum absolute atomic E-state index is 6.08. The molecule has 1 aliphatic carbocycles. The predicted molar refractivity (Wildman–Crippen MR) is 81.5 cm³/mol.